The number of rotatable bonds is 2. The van der Waals surface area contributed by atoms with Gasteiger partial charge in [-0.15, -0.1) is 0 Å². The highest BCUT2D eigenvalue weighted by molar-refractivity contribution is 6.02. The third-order valence-corrected chi connectivity index (χ3v) is 7.12. The SMILES string of the molecule is CC(C)c1ccc(-c2ncnc3c2C(C)(C)c2c-3ccc3ccccc23)c2ccccc12. The zero-order valence-corrected chi connectivity index (χ0v) is 19.0. The second kappa shape index (κ2) is 6.74. The molecule has 1 aromatic heterocycles. The third kappa shape index (κ3) is 2.53. The van der Waals surface area contributed by atoms with Crippen molar-refractivity contribution >= 4 is 21.5 Å². The Labute approximate surface area is 189 Å². The molecule has 2 nitrogen and oxygen atoms in total. The van der Waals surface area contributed by atoms with E-state index in [1.807, 2.05) is 0 Å². The van der Waals surface area contributed by atoms with Gasteiger partial charge in [0.2, 0.25) is 0 Å². The molecule has 0 radical (unpaired) electrons. The number of nitrogens with zero attached hydrogens (tertiary/aromatic N) is 2. The Balaban J connectivity index is 1.68. The number of fused-ring (bicyclic) bond motifs is 6. The lowest BCUT2D eigenvalue weighted by Crippen LogP contribution is -2.17. The van der Waals surface area contributed by atoms with E-state index in [9.17, 15) is 0 Å². The van der Waals surface area contributed by atoms with Crippen molar-refractivity contribution in [1.29, 1.82) is 0 Å². The summed E-state index contributed by atoms with van der Waals surface area (Å²) in [5.74, 6) is 0.470. The Morgan fingerprint density at radius 2 is 1.25 bits per heavy atom. The molecule has 1 heterocycles. The van der Waals surface area contributed by atoms with E-state index in [1.165, 1.54) is 49.4 Å². The summed E-state index contributed by atoms with van der Waals surface area (Å²) in [7, 11) is 0. The predicted molar refractivity (Wildman–Crippen MR) is 134 cm³/mol. The van der Waals surface area contributed by atoms with Gasteiger partial charge in [0.05, 0.1) is 11.4 Å². The zero-order chi connectivity index (χ0) is 22.0. The number of hydrogen-bond donors (Lipinski definition) is 0. The van der Waals surface area contributed by atoms with E-state index in [0.717, 1.165) is 11.4 Å². The molecule has 32 heavy (non-hydrogen) atoms. The van der Waals surface area contributed by atoms with Gasteiger partial charge < -0.3 is 0 Å². The minimum absolute atomic E-state index is 0.194. The first kappa shape index (κ1) is 19.2. The average Bonchev–Trinajstić information content (AvgIpc) is 3.05. The van der Waals surface area contributed by atoms with Crippen molar-refractivity contribution in [2.45, 2.75) is 39.0 Å². The lowest BCUT2D eigenvalue weighted by molar-refractivity contribution is 0.663. The van der Waals surface area contributed by atoms with Crippen molar-refractivity contribution in [2.24, 2.45) is 0 Å². The normalized spacial score (nSPS) is 14.2. The molecule has 2 heteroatoms. The molecule has 0 N–H and O–H groups in total. The molecule has 0 spiro atoms. The van der Waals surface area contributed by atoms with Crippen molar-refractivity contribution < 1.29 is 0 Å². The summed E-state index contributed by atoms with van der Waals surface area (Å²) >= 11 is 0. The summed E-state index contributed by atoms with van der Waals surface area (Å²) in [5, 5.41) is 5.15. The van der Waals surface area contributed by atoms with Crippen LogP contribution in [0.5, 0.6) is 0 Å². The Morgan fingerprint density at radius 3 is 2.00 bits per heavy atom. The molecule has 0 saturated heterocycles. The lowest BCUT2D eigenvalue weighted by atomic mass is 9.78. The zero-order valence-electron chi connectivity index (χ0n) is 19.0. The van der Waals surface area contributed by atoms with Crippen molar-refractivity contribution in [3.63, 3.8) is 0 Å². The van der Waals surface area contributed by atoms with Gasteiger partial charge >= 0.3 is 0 Å². The first-order valence-corrected chi connectivity index (χ1v) is 11.4. The van der Waals surface area contributed by atoms with Crippen molar-refractivity contribution in [1.82, 2.24) is 9.97 Å². The van der Waals surface area contributed by atoms with E-state index < -0.39 is 0 Å². The van der Waals surface area contributed by atoms with Crippen molar-refractivity contribution in [3.8, 4) is 22.5 Å². The molecule has 156 valence electrons. The standard InChI is InChI=1S/C30H26N2/c1-18(2)20-15-16-24(23-12-8-7-11-22(20)23)28-27-29(32-17-31-28)25-14-13-19-9-5-6-10-21(19)26(25)30(27,3)4/h5-18H,1-4H3. The predicted octanol–water partition coefficient (Wildman–Crippen LogP) is 7.88. The van der Waals surface area contributed by atoms with Crippen LogP contribution in [0.1, 0.15) is 50.3 Å². The molecule has 0 bridgehead atoms. The summed E-state index contributed by atoms with van der Waals surface area (Å²) in [5.41, 5.74) is 8.31. The number of aromatic nitrogens is 2. The number of benzene rings is 4. The molecule has 0 amide bonds. The second-order valence-corrected chi connectivity index (χ2v) is 9.68. The Morgan fingerprint density at radius 1 is 0.625 bits per heavy atom. The van der Waals surface area contributed by atoms with E-state index in [0.29, 0.717) is 5.92 Å². The maximum Gasteiger partial charge on any atom is 0.116 e. The van der Waals surface area contributed by atoms with E-state index >= 15 is 0 Å². The molecule has 5 aromatic rings. The van der Waals surface area contributed by atoms with Crippen LogP contribution in [0.15, 0.2) is 79.1 Å². The van der Waals surface area contributed by atoms with Gasteiger partial charge in [0.25, 0.3) is 0 Å². The van der Waals surface area contributed by atoms with Crippen LogP contribution < -0.4 is 0 Å². The summed E-state index contributed by atoms with van der Waals surface area (Å²) < 4.78 is 0. The maximum absolute atomic E-state index is 4.89. The average molecular weight is 415 g/mol. The molecule has 0 unspecified atom stereocenters. The van der Waals surface area contributed by atoms with E-state index in [4.69, 9.17) is 9.97 Å². The first-order valence-electron chi connectivity index (χ1n) is 11.4. The van der Waals surface area contributed by atoms with Crippen molar-refractivity contribution in [3.05, 3.63) is 95.8 Å². The molecular weight excluding hydrogens is 388 g/mol. The Hall–Kier alpha value is -3.52. The molecule has 0 fully saturated rings. The van der Waals surface area contributed by atoms with Gasteiger partial charge in [-0.25, -0.2) is 9.97 Å². The van der Waals surface area contributed by atoms with Gasteiger partial charge in [0.1, 0.15) is 6.33 Å². The van der Waals surface area contributed by atoms with Crippen LogP contribution in [-0.2, 0) is 5.41 Å². The fourth-order valence-electron chi connectivity index (χ4n) is 5.69. The van der Waals surface area contributed by atoms with Gasteiger partial charge in [-0.3, -0.25) is 0 Å². The Kier molecular flexibility index (Phi) is 4.04. The third-order valence-electron chi connectivity index (χ3n) is 7.12. The highest BCUT2D eigenvalue weighted by Gasteiger charge is 2.40. The van der Waals surface area contributed by atoms with Crippen LogP contribution in [-0.4, -0.2) is 9.97 Å². The first-order chi connectivity index (χ1) is 15.5. The monoisotopic (exact) mass is 414 g/mol. The fourth-order valence-corrected chi connectivity index (χ4v) is 5.69. The minimum atomic E-state index is -0.194. The molecule has 6 rings (SSSR count). The molecule has 0 saturated carbocycles. The highest BCUT2D eigenvalue weighted by Crippen LogP contribution is 2.53. The topological polar surface area (TPSA) is 25.8 Å². The molecule has 0 aliphatic heterocycles. The highest BCUT2D eigenvalue weighted by atomic mass is 14.9. The molecular formula is C30H26N2. The lowest BCUT2D eigenvalue weighted by Gasteiger charge is -2.25. The summed E-state index contributed by atoms with van der Waals surface area (Å²) in [6.07, 6.45) is 1.74. The van der Waals surface area contributed by atoms with E-state index in [1.54, 1.807) is 6.33 Å². The van der Waals surface area contributed by atoms with Gasteiger partial charge in [0, 0.05) is 22.1 Å². The fraction of sp³-hybridized carbons (Fsp3) is 0.200. The maximum atomic E-state index is 4.89. The van der Waals surface area contributed by atoms with Gasteiger partial charge in [-0.1, -0.05) is 100 Å². The van der Waals surface area contributed by atoms with Crippen molar-refractivity contribution in [2.75, 3.05) is 0 Å². The Bertz CT molecular complexity index is 1530. The number of hydrogen-bond acceptors (Lipinski definition) is 2. The summed E-state index contributed by atoms with van der Waals surface area (Å²) in [4.78, 5) is 9.70. The van der Waals surface area contributed by atoms with Crippen LogP contribution in [0, 0.1) is 0 Å². The smallest absolute Gasteiger partial charge is 0.116 e. The van der Waals surface area contributed by atoms with Gasteiger partial charge in [0.15, 0.2) is 0 Å². The van der Waals surface area contributed by atoms with Crippen LogP contribution in [0.2, 0.25) is 0 Å². The van der Waals surface area contributed by atoms with Crippen LogP contribution in [0.3, 0.4) is 0 Å². The molecule has 0 atom stereocenters. The molecule has 1 aliphatic rings. The van der Waals surface area contributed by atoms with E-state index in [-0.39, 0.29) is 5.41 Å². The van der Waals surface area contributed by atoms with Crippen LogP contribution >= 0.6 is 0 Å². The quantitative estimate of drug-likeness (QED) is 0.293. The molecule has 4 aromatic carbocycles. The van der Waals surface area contributed by atoms with Gasteiger partial charge in [-0.2, -0.15) is 0 Å². The molecule has 1 aliphatic carbocycles. The summed E-state index contributed by atoms with van der Waals surface area (Å²) in [6, 6.07) is 26.4. The largest absolute Gasteiger partial charge is 0.236 e. The van der Waals surface area contributed by atoms with Gasteiger partial charge in [-0.05, 0) is 38.6 Å². The van der Waals surface area contributed by atoms with Crippen LogP contribution in [0.25, 0.3) is 44.1 Å². The van der Waals surface area contributed by atoms with E-state index in [2.05, 4.69) is 100 Å². The van der Waals surface area contributed by atoms with Crippen LogP contribution in [0.4, 0.5) is 0 Å². The minimum Gasteiger partial charge on any atom is -0.236 e. The second-order valence-electron chi connectivity index (χ2n) is 9.68. The summed E-state index contributed by atoms with van der Waals surface area (Å²) in [6.45, 7) is 9.16.